The molecule has 0 amide bonds. The summed E-state index contributed by atoms with van der Waals surface area (Å²) in [4.78, 5) is 10.6. The van der Waals surface area contributed by atoms with E-state index in [0.717, 1.165) is 6.92 Å². The molecule has 7 nitrogen and oxygen atoms in total. The third kappa shape index (κ3) is 3.04. The van der Waals surface area contributed by atoms with Crippen molar-refractivity contribution >= 4 is 27.4 Å². The second kappa shape index (κ2) is 5.13. The number of nitrogens with one attached hydrogen (secondary N) is 1. The summed E-state index contributed by atoms with van der Waals surface area (Å²) in [5.41, 5.74) is 6.12. The van der Waals surface area contributed by atoms with E-state index >= 15 is 0 Å². The molecule has 0 aliphatic heterocycles. The minimum atomic E-state index is -4.00. The van der Waals surface area contributed by atoms with Gasteiger partial charge in [-0.15, -0.1) is 0 Å². The number of benzene rings is 1. The molecule has 1 atom stereocenters. The van der Waals surface area contributed by atoms with Crippen molar-refractivity contribution in [1.82, 2.24) is 0 Å². The highest BCUT2D eigenvalue weighted by atomic mass is 32.2. The number of anilines is 2. The van der Waals surface area contributed by atoms with Gasteiger partial charge in [0.1, 0.15) is 5.75 Å². The smallest absolute Gasteiger partial charge is 0.323 e. The molecule has 1 aromatic carbocycles. The van der Waals surface area contributed by atoms with Crippen LogP contribution >= 0.6 is 0 Å². The van der Waals surface area contributed by atoms with Crippen molar-refractivity contribution in [2.24, 2.45) is 0 Å². The fourth-order valence-electron chi connectivity index (χ4n) is 1.16. The second-order valence-corrected chi connectivity index (χ2v) is 5.59. The van der Waals surface area contributed by atoms with E-state index in [9.17, 15) is 13.2 Å². The first-order valence-corrected chi connectivity index (χ1v) is 6.50. The van der Waals surface area contributed by atoms with Gasteiger partial charge in [-0.25, -0.2) is 8.42 Å². The van der Waals surface area contributed by atoms with Crippen molar-refractivity contribution in [1.29, 1.82) is 0 Å². The first-order chi connectivity index (χ1) is 8.27. The van der Waals surface area contributed by atoms with E-state index in [1.165, 1.54) is 25.3 Å². The quantitative estimate of drug-likeness (QED) is 0.672. The zero-order valence-electron chi connectivity index (χ0n) is 9.88. The van der Waals surface area contributed by atoms with Crippen molar-refractivity contribution in [2.45, 2.75) is 12.2 Å². The zero-order valence-corrected chi connectivity index (χ0v) is 10.7. The Labute approximate surface area is 105 Å². The van der Waals surface area contributed by atoms with Crippen LogP contribution in [0.5, 0.6) is 5.75 Å². The van der Waals surface area contributed by atoms with Crippen LogP contribution in [-0.4, -0.2) is 31.9 Å². The largest absolute Gasteiger partial charge is 0.495 e. The molecular formula is C10H14N2O5S. The molecule has 1 unspecified atom stereocenters. The third-order valence-corrected chi connectivity index (χ3v) is 3.96. The number of nitrogens with two attached hydrogens (primary N) is 1. The average Bonchev–Trinajstić information content (AvgIpc) is 2.30. The summed E-state index contributed by atoms with van der Waals surface area (Å²) in [6.45, 7) is 1.08. The molecular weight excluding hydrogens is 260 g/mol. The number of hydrogen-bond donors (Lipinski definition) is 3. The number of methoxy groups -OCH3 is 1. The summed E-state index contributed by atoms with van der Waals surface area (Å²) in [6, 6.07) is 4.26. The Morgan fingerprint density at radius 3 is 2.61 bits per heavy atom. The maximum absolute atomic E-state index is 11.7. The molecule has 0 bridgehead atoms. The highest BCUT2D eigenvalue weighted by Gasteiger charge is 2.27. The summed E-state index contributed by atoms with van der Waals surface area (Å²) in [7, 11) is -2.60. The van der Waals surface area contributed by atoms with E-state index in [-0.39, 0.29) is 5.69 Å². The van der Waals surface area contributed by atoms with Crippen molar-refractivity contribution in [3.8, 4) is 5.75 Å². The lowest BCUT2D eigenvalue weighted by Gasteiger charge is -2.12. The number of aliphatic carboxylic acids is 1. The van der Waals surface area contributed by atoms with Gasteiger partial charge in [-0.2, -0.15) is 0 Å². The molecule has 0 radical (unpaired) electrons. The summed E-state index contributed by atoms with van der Waals surface area (Å²) < 4.78 is 30.4. The normalized spacial score (nSPS) is 12.8. The number of ether oxygens (including phenoxy) is 1. The summed E-state index contributed by atoms with van der Waals surface area (Å²) >= 11 is 0. The Morgan fingerprint density at radius 1 is 1.50 bits per heavy atom. The second-order valence-electron chi connectivity index (χ2n) is 3.58. The molecule has 0 saturated carbocycles. The fourth-order valence-corrected chi connectivity index (χ4v) is 2.06. The number of carboxylic acids is 1. The number of carbonyl (C=O) groups is 1. The lowest BCUT2D eigenvalue weighted by atomic mass is 10.2. The summed E-state index contributed by atoms with van der Waals surface area (Å²) in [6.07, 6.45) is 0. The Hall–Kier alpha value is -1.96. The molecule has 100 valence electrons. The minimum Gasteiger partial charge on any atom is -0.495 e. The molecule has 0 aliphatic rings. The van der Waals surface area contributed by atoms with Gasteiger partial charge in [0.25, 0.3) is 0 Å². The number of hydrogen-bond acceptors (Lipinski definition) is 5. The van der Waals surface area contributed by atoms with Crippen LogP contribution in [0.15, 0.2) is 18.2 Å². The highest BCUT2D eigenvalue weighted by molar-refractivity contribution is 7.94. The van der Waals surface area contributed by atoms with E-state index in [0.29, 0.717) is 11.4 Å². The molecule has 1 aromatic rings. The first kappa shape index (κ1) is 14.1. The number of rotatable bonds is 5. The Bertz CT molecular complexity index is 555. The lowest BCUT2D eigenvalue weighted by molar-refractivity contribution is -0.136. The van der Waals surface area contributed by atoms with Crippen LogP contribution < -0.4 is 15.2 Å². The van der Waals surface area contributed by atoms with Crippen molar-refractivity contribution in [2.75, 3.05) is 17.6 Å². The molecule has 18 heavy (non-hydrogen) atoms. The molecule has 0 aliphatic carbocycles. The van der Waals surface area contributed by atoms with Gasteiger partial charge in [-0.3, -0.25) is 9.52 Å². The van der Waals surface area contributed by atoms with Gasteiger partial charge < -0.3 is 15.6 Å². The standard InChI is InChI=1S/C10H14N2O5S/c1-6(10(13)14)18(15,16)12-7-3-4-8(11)9(5-7)17-2/h3-6,12H,11H2,1-2H3,(H,13,14). The predicted octanol–water partition coefficient (Wildman–Crippen LogP) is 0.492. The Kier molecular flexibility index (Phi) is 4.02. The molecule has 0 spiro atoms. The molecule has 0 heterocycles. The Balaban J connectivity index is 3.01. The van der Waals surface area contributed by atoms with Crippen molar-refractivity contribution in [3.05, 3.63) is 18.2 Å². The first-order valence-electron chi connectivity index (χ1n) is 4.96. The van der Waals surface area contributed by atoms with Gasteiger partial charge in [0.2, 0.25) is 10.0 Å². The van der Waals surface area contributed by atoms with Crippen LogP contribution in [0.2, 0.25) is 0 Å². The third-order valence-electron chi connectivity index (χ3n) is 2.31. The van der Waals surface area contributed by atoms with E-state index in [1.807, 2.05) is 0 Å². The molecule has 1 rings (SSSR count). The highest BCUT2D eigenvalue weighted by Crippen LogP contribution is 2.25. The van der Waals surface area contributed by atoms with E-state index in [4.69, 9.17) is 15.6 Å². The van der Waals surface area contributed by atoms with Crippen molar-refractivity contribution in [3.63, 3.8) is 0 Å². The summed E-state index contributed by atoms with van der Waals surface area (Å²) in [5, 5.41) is 7.12. The van der Waals surface area contributed by atoms with Crippen LogP contribution in [0.25, 0.3) is 0 Å². The van der Waals surface area contributed by atoms with Gasteiger partial charge in [-0.05, 0) is 19.1 Å². The molecule has 4 N–H and O–H groups in total. The van der Waals surface area contributed by atoms with Crippen LogP contribution in [-0.2, 0) is 14.8 Å². The molecule has 0 saturated heterocycles. The minimum absolute atomic E-state index is 0.189. The fraction of sp³-hybridized carbons (Fsp3) is 0.300. The Morgan fingerprint density at radius 2 is 2.11 bits per heavy atom. The van der Waals surface area contributed by atoms with Gasteiger partial charge in [0.05, 0.1) is 18.5 Å². The monoisotopic (exact) mass is 274 g/mol. The molecule has 0 aromatic heterocycles. The van der Waals surface area contributed by atoms with Gasteiger partial charge in [-0.1, -0.05) is 0 Å². The lowest BCUT2D eigenvalue weighted by Crippen LogP contribution is -2.32. The van der Waals surface area contributed by atoms with E-state index in [2.05, 4.69) is 4.72 Å². The maximum atomic E-state index is 11.7. The van der Waals surface area contributed by atoms with Crippen LogP contribution in [0.3, 0.4) is 0 Å². The van der Waals surface area contributed by atoms with E-state index in [1.54, 1.807) is 0 Å². The van der Waals surface area contributed by atoms with Gasteiger partial charge >= 0.3 is 5.97 Å². The van der Waals surface area contributed by atoms with Crippen LogP contribution in [0.1, 0.15) is 6.92 Å². The predicted molar refractivity (Wildman–Crippen MR) is 67.0 cm³/mol. The summed E-state index contributed by atoms with van der Waals surface area (Å²) in [5.74, 6) is -1.12. The number of sulfonamides is 1. The zero-order chi connectivity index (χ0) is 13.9. The van der Waals surface area contributed by atoms with E-state index < -0.39 is 21.2 Å². The van der Waals surface area contributed by atoms with Crippen molar-refractivity contribution < 1.29 is 23.1 Å². The van der Waals surface area contributed by atoms with Gasteiger partial charge in [0, 0.05) is 6.07 Å². The topological polar surface area (TPSA) is 119 Å². The van der Waals surface area contributed by atoms with Crippen LogP contribution in [0, 0.1) is 0 Å². The van der Waals surface area contributed by atoms with Crippen LogP contribution in [0.4, 0.5) is 11.4 Å². The van der Waals surface area contributed by atoms with Gasteiger partial charge in [0.15, 0.2) is 5.25 Å². The molecule has 0 fully saturated rings. The number of nitrogen functional groups attached to an aromatic ring is 1. The maximum Gasteiger partial charge on any atom is 0.323 e. The average molecular weight is 274 g/mol. The SMILES string of the molecule is COc1cc(NS(=O)(=O)C(C)C(=O)O)ccc1N. The number of carboxylic acid groups (broad SMARTS) is 1. The molecule has 8 heteroatoms.